The van der Waals surface area contributed by atoms with Gasteiger partial charge >= 0.3 is 12.1 Å². The number of carbonyl (C=O) groups is 2. The van der Waals surface area contributed by atoms with Gasteiger partial charge < -0.3 is 10.1 Å². The lowest BCUT2D eigenvalue weighted by molar-refractivity contribution is -0.137. The highest BCUT2D eigenvalue weighted by atomic mass is 32.1. The minimum Gasteiger partial charge on any atom is -0.451 e. The van der Waals surface area contributed by atoms with Crippen LogP contribution in [0.15, 0.2) is 30.3 Å². The van der Waals surface area contributed by atoms with E-state index in [0.29, 0.717) is 4.88 Å². The number of nitrogens with one attached hydrogen (secondary N) is 1. The van der Waals surface area contributed by atoms with Crippen molar-refractivity contribution in [2.75, 3.05) is 11.9 Å². The molecule has 0 aliphatic rings. The molecular formula is C18H18F3NO3S. The van der Waals surface area contributed by atoms with Crippen molar-refractivity contribution in [3.63, 3.8) is 0 Å². The quantitative estimate of drug-likeness (QED) is 0.725. The van der Waals surface area contributed by atoms with E-state index in [9.17, 15) is 22.8 Å². The topological polar surface area (TPSA) is 55.4 Å². The van der Waals surface area contributed by atoms with E-state index in [1.807, 2.05) is 13.8 Å². The number of rotatable bonds is 6. The zero-order valence-corrected chi connectivity index (χ0v) is 15.1. The normalized spacial score (nSPS) is 11.3. The van der Waals surface area contributed by atoms with Crippen LogP contribution in [0.5, 0.6) is 0 Å². The smallest absolute Gasteiger partial charge is 0.416 e. The monoisotopic (exact) mass is 385 g/mol. The summed E-state index contributed by atoms with van der Waals surface area (Å²) in [5, 5.41) is 2.38. The largest absolute Gasteiger partial charge is 0.451 e. The van der Waals surface area contributed by atoms with Crippen LogP contribution in [-0.2, 0) is 22.1 Å². The summed E-state index contributed by atoms with van der Waals surface area (Å²) in [6.07, 6.45) is -2.61. The number of carbonyl (C=O) groups excluding carboxylic acids is 2. The minimum atomic E-state index is -4.44. The third-order valence-electron chi connectivity index (χ3n) is 3.57. The number of hydrogen-bond acceptors (Lipinski definition) is 4. The fourth-order valence-corrected chi connectivity index (χ4v) is 3.25. The van der Waals surface area contributed by atoms with Gasteiger partial charge in [-0.2, -0.15) is 13.2 Å². The Morgan fingerprint density at radius 2 is 1.85 bits per heavy atom. The average molecular weight is 385 g/mol. The van der Waals surface area contributed by atoms with Gasteiger partial charge in [-0.1, -0.05) is 13.3 Å². The molecule has 0 spiro atoms. The van der Waals surface area contributed by atoms with Gasteiger partial charge in [0.05, 0.1) is 5.56 Å². The van der Waals surface area contributed by atoms with Crippen LogP contribution in [0.1, 0.15) is 39.0 Å². The van der Waals surface area contributed by atoms with Gasteiger partial charge in [0.2, 0.25) is 0 Å². The lowest BCUT2D eigenvalue weighted by Gasteiger charge is -2.09. The molecule has 1 aromatic carbocycles. The van der Waals surface area contributed by atoms with Gasteiger partial charge in [0, 0.05) is 10.6 Å². The Bertz CT molecular complexity index is 782. The number of esters is 1. The number of ether oxygens (including phenoxy) is 1. The lowest BCUT2D eigenvalue weighted by atomic mass is 10.1. The van der Waals surface area contributed by atoms with Crippen molar-refractivity contribution in [3.8, 4) is 0 Å². The number of alkyl halides is 3. The number of benzene rings is 1. The first-order chi connectivity index (χ1) is 12.2. The van der Waals surface area contributed by atoms with Gasteiger partial charge in [-0.15, -0.1) is 11.3 Å². The molecule has 0 aliphatic heterocycles. The summed E-state index contributed by atoms with van der Waals surface area (Å²) in [5.41, 5.74) is 0.466. The summed E-state index contributed by atoms with van der Waals surface area (Å²) >= 11 is 1.31. The summed E-state index contributed by atoms with van der Waals surface area (Å²) in [6, 6.07) is 5.78. The zero-order valence-electron chi connectivity index (χ0n) is 14.3. The molecule has 4 nitrogen and oxygen atoms in total. The SMILES string of the molecule is CCCc1cc(C(=O)OCC(=O)Nc2ccc(C(F)(F)F)cc2)sc1C. The molecule has 0 radical (unpaired) electrons. The predicted octanol–water partition coefficient (Wildman–Crippen LogP) is 4.82. The molecule has 0 atom stereocenters. The first kappa shape index (κ1) is 20.0. The molecule has 8 heteroatoms. The van der Waals surface area contributed by atoms with E-state index in [-0.39, 0.29) is 5.69 Å². The van der Waals surface area contributed by atoms with Crippen molar-refractivity contribution in [3.05, 3.63) is 51.2 Å². The summed E-state index contributed by atoms with van der Waals surface area (Å²) < 4.78 is 42.4. The molecule has 2 aromatic rings. The van der Waals surface area contributed by atoms with Crippen molar-refractivity contribution >= 4 is 28.9 Å². The van der Waals surface area contributed by atoms with Crippen molar-refractivity contribution in [1.82, 2.24) is 0 Å². The van der Waals surface area contributed by atoms with E-state index in [1.54, 1.807) is 6.07 Å². The molecular weight excluding hydrogens is 367 g/mol. The van der Waals surface area contributed by atoms with Crippen LogP contribution >= 0.6 is 11.3 Å². The Morgan fingerprint density at radius 1 is 1.19 bits per heavy atom. The minimum absolute atomic E-state index is 0.191. The van der Waals surface area contributed by atoms with Crippen molar-refractivity contribution in [2.24, 2.45) is 0 Å². The number of aryl methyl sites for hydroxylation is 2. The number of amides is 1. The first-order valence-corrected chi connectivity index (χ1v) is 8.76. The lowest BCUT2D eigenvalue weighted by Crippen LogP contribution is -2.20. The standard InChI is InChI=1S/C18H18F3NO3S/c1-3-4-12-9-15(26-11(12)2)17(24)25-10-16(23)22-14-7-5-13(6-8-14)18(19,20)21/h5-9H,3-4,10H2,1-2H3,(H,22,23). The van der Waals surface area contributed by atoms with Gasteiger partial charge in [0.25, 0.3) is 5.91 Å². The Morgan fingerprint density at radius 3 is 2.42 bits per heavy atom. The third kappa shape index (κ3) is 5.32. The molecule has 1 N–H and O–H groups in total. The van der Waals surface area contributed by atoms with Gasteiger partial charge in [-0.3, -0.25) is 4.79 Å². The Hall–Kier alpha value is -2.35. The van der Waals surface area contributed by atoms with Crippen molar-refractivity contribution in [2.45, 2.75) is 32.9 Å². The molecule has 0 bridgehead atoms. The molecule has 0 unspecified atom stereocenters. The molecule has 0 aliphatic carbocycles. The van der Waals surface area contributed by atoms with E-state index in [2.05, 4.69) is 5.32 Å². The molecule has 0 saturated heterocycles. The second-order valence-corrected chi connectivity index (χ2v) is 6.90. The van der Waals surface area contributed by atoms with E-state index < -0.39 is 30.2 Å². The van der Waals surface area contributed by atoms with Gasteiger partial charge in [-0.25, -0.2) is 4.79 Å². The maximum Gasteiger partial charge on any atom is 0.416 e. The summed E-state index contributed by atoms with van der Waals surface area (Å²) in [5.74, 6) is -1.22. The fraction of sp³-hybridized carbons (Fsp3) is 0.333. The number of anilines is 1. The van der Waals surface area contributed by atoms with E-state index in [4.69, 9.17) is 4.74 Å². The van der Waals surface area contributed by atoms with Crippen molar-refractivity contribution in [1.29, 1.82) is 0 Å². The molecule has 1 heterocycles. The van der Waals surface area contributed by atoms with Crippen LogP contribution in [0.4, 0.5) is 18.9 Å². The fourth-order valence-electron chi connectivity index (χ4n) is 2.28. The highest BCUT2D eigenvalue weighted by Crippen LogP contribution is 2.29. The van der Waals surface area contributed by atoms with Gasteiger partial charge in [-0.05, 0) is 49.2 Å². The maximum atomic E-state index is 12.5. The molecule has 0 saturated carbocycles. The van der Waals surface area contributed by atoms with Gasteiger partial charge in [0.15, 0.2) is 6.61 Å². The molecule has 1 aromatic heterocycles. The molecule has 26 heavy (non-hydrogen) atoms. The van der Waals surface area contributed by atoms with Crippen LogP contribution in [0.25, 0.3) is 0 Å². The number of hydrogen-bond donors (Lipinski definition) is 1. The molecule has 140 valence electrons. The highest BCUT2D eigenvalue weighted by molar-refractivity contribution is 7.14. The molecule has 0 fully saturated rings. The summed E-state index contributed by atoms with van der Waals surface area (Å²) in [6.45, 7) is 3.45. The van der Waals surface area contributed by atoms with Gasteiger partial charge in [0.1, 0.15) is 4.88 Å². The Labute approximate surface area is 153 Å². The highest BCUT2D eigenvalue weighted by Gasteiger charge is 2.30. The number of thiophene rings is 1. The average Bonchev–Trinajstić information content (AvgIpc) is 2.94. The van der Waals surface area contributed by atoms with E-state index in [1.165, 1.54) is 11.3 Å². The molecule has 1 amide bonds. The van der Waals surface area contributed by atoms with Crippen molar-refractivity contribution < 1.29 is 27.5 Å². The van der Waals surface area contributed by atoms with Crippen LogP contribution in [0, 0.1) is 6.92 Å². The predicted molar refractivity (Wildman–Crippen MR) is 93.4 cm³/mol. The molecule has 2 rings (SSSR count). The summed E-state index contributed by atoms with van der Waals surface area (Å²) in [7, 11) is 0. The van der Waals surface area contributed by atoms with Crippen LogP contribution in [0.2, 0.25) is 0 Å². The van der Waals surface area contributed by atoms with Crippen LogP contribution in [-0.4, -0.2) is 18.5 Å². The third-order valence-corrected chi connectivity index (χ3v) is 4.64. The Kier molecular flexibility index (Phi) is 6.42. The second-order valence-electron chi connectivity index (χ2n) is 5.64. The van der Waals surface area contributed by atoms with Crippen LogP contribution in [0.3, 0.4) is 0 Å². The van der Waals surface area contributed by atoms with Crippen LogP contribution < -0.4 is 5.32 Å². The zero-order chi connectivity index (χ0) is 19.3. The second kappa shape index (κ2) is 8.35. The maximum absolute atomic E-state index is 12.5. The van der Waals surface area contributed by atoms with E-state index >= 15 is 0 Å². The Balaban J connectivity index is 1.88. The summed E-state index contributed by atoms with van der Waals surface area (Å²) in [4.78, 5) is 25.3. The van der Waals surface area contributed by atoms with E-state index in [0.717, 1.165) is 47.5 Å². The number of halogens is 3. The first-order valence-electron chi connectivity index (χ1n) is 7.94.